The number of likely N-dealkylation sites (tertiary alicyclic amines) is 1. The third-order valence-electron chi connectivity index (χ3n) is 3.58. The molecule has 1 aliphatic heterocycles. The average molecular weight is 258 g/mol. The quantitative estimate of drug-likeness (QED) is 0.782. The summed E-state index contributed by atoms with van der Waals surface area (Å²) in [6.07, 6.45) is 2.72. The molecule has 0 unspecified atom stereocenters. The fourth-order valence-corrected chi connectivity index (χ4v) is 3.56. The van der Waals surface area contributed by atoms with Crippen molar-refractivity contribution in [3.8, 4) is 0 Å². The van der Waals surface area contributed by atoms with E-state index >= 15 is 0 Å². The zero-order valence-electron chi connectivity index (χ0n) is 10.1. The van der Waals surface area contributed by atoms with Gasteiger partial charge in [-0.1, -0.05) is 25.4 Å². The molecule has 0 radical (unpaired) electrons. The predicted octanol–water partition coefficient (Wildman–Crippen LogP) is 4.27. The Morgan fingerprint density at radius 1 is 1.38 bits per heavy atom. The molecule has 0 spiro atoms. The zero-order valence-corrected chi connectivity index (χ0v) is 11.7. The van der Waals surface area contributed by atoms with Gasteiger partial charge in [0, 0.05) is 11.4 Å². The van der Waals surface area contributed by atoms with Gasteiger partial charge in [-0.2, -0.15) is 0 Å². The second-order valence-corrected chi connectivity index (χ2v) is 6.86. The van der Waals surface area contributed by atoms with Crippen LogP contribution in [0.5, 0.6) is 0 Å². The maximum atomic E-state index is 5.94. The molecule has 2 rings (SSSR count). The van der Waals surface area contributed by atoms with Crippen molar-refractivity contribution in [1.29, 1.82) is 0 Å². The SMILES string of the molecule is CC(C)C1CCN(Cc2ccc(Cl)s2)CC1. The molecule has 2 heterocycles. The van der Waals surface area contributed by atoms with Crippen molar-refractivity contribution in [2.45, 2.75) is 33.2 Å². The Hall–Kier alpha value is -0.0500. The van der Waals surface area contributed by atoms with Gasteiger partial charge < -0.3 is 0 Å². The Morgan fingerprint density at radius 2 is 2.06 bits per heavy atom. The first-order valence-corrected chi connectivity index (χ1v) is 7.31. The van der Waals surface area contributed by atoms with E-state index < -0.39 is 0 Å². The van der Waals surface area contributed by atoms with Crippen LogP contribution in [0, 0.1) is 11.8 Å². The van der Waals surface area contributed by atoms with Gasteiger partial charge in [-0.25, -0.2) is 0 Å². The molecule has 0 bridgehead atoms. The summed E-state index contributed by atoms with van der Waals surface area (Å²) in [5.41, 5.74) is 0. The highest BCUT2D eigenvalue weighted by molar-refractivity contribution is 7.16. The van der Waals surface area contributed by atoms with Gasteiger partial charge in [0.25, 0.3) is 0 Å². The Labute approximate surface area is 107 Å². The maximum Gasteiger partial charge on any atom is 0.0931 e. The van der Waals surface area contributed by atoms with Crippen molar-refractivity contribution in [1.82, 2.24) is 4.90 Å². The highest BCUT2D eigenvalue weighted by atomic mass is 35.5. The smallest absolute Gasteiger partial charge is 0.0931 e. The number of halogens is 1. The third kappa shape index (κ3) is 3.22. The number of nitrogens with zero attached hydrogens (tertiary/aromatic N) is 1. The predicted molar refractivity (Wildman–Crippen MR) is 72.2 cm³/mol. The summed E-state index contributed by atoms with van der Waals surface area (Å²) in [4.78, 5) is 3.95. The van der Waals surface area contributed by atoms with Crippen LogP contribution in [0.4, 0.5) is 0 Å². The largest absolute Gasteiger partial charge is 0.298 e. The van der Waals surface area contributed by atoms with E-state index in [0.717, 1.165) is 22.7 Å². The molecule has 1 saturated heterocycles. The Morgan fingerprint density at radius 3 is 2.56 bits per heavy atom. The molecule has 1 nitrogen and oxygen atoms in total. The summed E-state index contributed by atoms with van der Waals surface area (Å²) in [7, 11) is 0. The lowest BCUT2D eigenvalue weighted by Crippen LogP contribution is -2.34. The molecule has 90 valence electrons. The van der Waals surface area contributed by atoms with E-state index in [0.29, 0.717) is 0 Å². The lowest BCUT2D eigenvalue weighted by molar-refractivity contribution is 0.153. The minimum Gasteiger partial charge on any atom is -0.298 e. The minimum absolute atomic E-state index is 0.846. The maximum absolute atomic E-state index is 5.94. The van der Waals surface area contributed by atoms with Gasteiger partial charge in [-0.15, -0.1) is 11.3 Å². The van der Waals surface area contributed by atoms with Crippen molar-refractivity contribution in [2.24, 2.45) is 11.8 Å². The van der Waals surface area contributed by atoms with E-state index in [-0.39, 0.29) is 0 Å². The highest BCUT2D eigenvalue weighted by Gasteiger charge is 2.21. The van der Waals surface area contributed by atoms with Crippen LogP contribution in [0.3, 0.4) is 0 Å². The summed E-state index contributed by atoms with van der Waals surface area (Å²) >= 11 is 7.66. The molecule has 1 aliphatic rings. The van der Waals surface area contributed by atoms with Crippen molar-refractivity contribution >= 4 is 22.9 Å². The van der Waals surface area contributed by atoms with Crippen LogP contribution in [0.15, 0.2) is 12.1 Å². The Kier molecular flexibility index (Phi) is 4.28. The summed E-state index contributed by atoms with van der Waals surface area (Å²) in [5.74, 6) is 1.78. The molecule has 0 aromatic carbocycles. The second kappa shape index (κ2) is 5.52. The topological polar surface area (TPSA) is 3.24 Å². The molecule has 0 N–H and O–H groups in total. The number of rotatable bonds is 3. The third-order valence-corrected chi connectivity index (χ3v) is 4.80. The molecule has 0 atom stereocenters. The number of piperidine rings is 1. The van der Waals surface area contributed by atoms with E-state index in [4.69, 9.17) is 11.6 Å². The van der Waals surface area contributed by atoms with Gasteiger partial charge in [0.15, 0.2) is 0 Å². The van der Waals surface area contributed by atoms with Crippen LogP contribution in [-0.2, 0) is 6.54 Å². The molecule has 3 heteroatoms. The van der Waals surface area contributed by atoms with E-state index in [1.165, 1.54) is 30.8 Å². The molecule has 1 fully saturated rings. The van der Waals surface area contributed by atoms with Crippen LogP contribution in [0.25, 0.3) is 0 Å². The summed E-state index contributed by atoms with van der Waals surface area (Å²) in [5, 5.41) is 0. The van der Waals surface area contributed by atoms with Gasteiger partial charge in [0.1, 0.15) is 0 Å². The number of thiophene rings is 1. The first kappa shape index (κ1) is 12.4. The zero-order chi connectivity index (χ0) is 11.5. The van der Waals surface area contributed by atoms with Crippen LogP contribution in [0.2, 0.25) is 4.34 Å². The van der Waals surface area contributed by atoms with Gasteiger partial charge in [0.2, 0.25) is 0 Å². The van der Waals surface area contributed by atoms with E-state index in [1.807, 2.05) is 6.07 Å². The summed E-state index contributed by atoms with van der Waals surface area (Å²) in [6.45, 7) is 8.28. The van der Waals surface area contributed by atoms with Gasteiger partial charge in [-0.3, -0.25) is 4.90 Å². The second-order valence-electron chi connectivity index (χ2n) is 5.06. The molecular formula is C13H20ClNS. The lowest BCUT2D eigenvalue weighted by Gasteiger charge is -2.33. The lowest BCUT2D eigenvalue weighted by atomic mass is 9.87. The Bertz CT molecular complexity index is 326. The van der Waals surface area contributed by atoms with Crippen molar-refractivity contribution < 1.29 is 0 Å². The van der Waals surface area contributed by atoms with E-state index in [1.54, 1.807) is 11.3 Å². The van der Waals surface area contributed by atoms with Crippen LogP contribution >= 0.6 is 22.9 Å². The standard InChI is InChI=1S/C13H20ClNS/c1-10(2)11-5-7-15(8-6-11)9-12-3-4-13(14)16-12/h3-4,10-11H,5-9H2,1-2H3. The summed E-state index contributed by atoms with van der Waals surface area (Å²) < 4.78 is 0.909. The fraction of sp³-hybridized carbons (Fsp3) is 0.692. The molecule has 1 aromatic heterocycles. The first-order valence-electron chi connectivity index (χ1n) is 6.11. The van der Waals surface area contributed by atoms with Crippen molar-refractivity contribution in [3.63, 3.8) is 0 Å². The molecule has 1 aromatic rings. The number of hydrogen-bond donors (Lipinski definition) is 0. The van der Waals surface area contributed by atoms with E-state index in [9.17, 15) is 0 Å². The van der Waals surface area contributed by atoms with Crippen LogP contribution in [0.1, 0.15) is 31.6 Å². The number of hydrogen-bond acceptors (Lipinski definition) is 2. The first-order chi connectivity index (χ1) is 7.65. The summed E-state index contributed by atoms with van der Waals surface area (Å²) in [6, 6.07) is 4.16. The Balaban J connectivity index is 1.81. The normalized spacial score (nSPS) is 19.5. The molecule has 0 aliphatic carbocycles. The molecule has 16 heavy (non-hydrogen) atoms. The molecular weight excluding hydrogens is 238 g/mol. The molecule has 0 amide bonds. The minimum atomic E-state index is 0.846. The van der Waals surface area contributed by atoms with Crippen LogP contribution < -0.4 is 0 Å². The fourth-order valence-electron chi connectivity index (χ4n) is 2.43. The molecule has 0 saturated carbocycles. The van der Waals surface area contributed by atoms with Gasteiger partial charge >= 0.3 is 0 Å². The highest BCUT2D eigenvalue weighted by Crippen LogP contribution is 2.27. The monoisotopic (exact) mass is 257 g/mol. The average Bonchev–Trinajstić information content (AvgIpc) is 2.65. The van der Waals surface area contributed by atoms with E-state index in [2.05, 4.69) is 24.8 Å². The van der Waals surface area contributed by atoms with Crippen molar-refractivity contribution in [3.05, 3.63) is 21.3 Å². The van der Waals surface area contributed by atoms with Crippen molar-refractivity contribution in [2.75, 3.05) is 13.1 Å². The van der Waals surface area contributed by atoms with Crippen LogP contribution in [-0.4, -0.2) is 18.0 Å². The van der Waals surface area contributed by atoms with Gasteiger partial charge in [-0.05, 0) is 49.9 Å². The van der Waals surface area contributed by atoms with Gasteiger partial charge in [0.05, 0.1) is 4.34 Å².